The number of nitrogens with zero attached hydrogens (tertiary/aromatic N) is 1. The van der Waals surface area contributed by atoms with Crippen LogP contribution in [0.5, 0.6) is 5.75 Å². The van der Waals surface area contributed by atoms with Crippen LogP contribution in [0.2, 0.25) is 0 Å². The smallest absolute Gasteiger partial charge is 0.889 e. The molecule has 0 amide bonds. The van der Waals surface area contributed by atoms with Crippen LogP contribution < -0.4 is 28.7 Å². The topological polar surface area (TPSA) is 46.4 Å². The Balaban J connectivity index is 0.00000196. The second-order valence-corrected chi connectivity index (χ2v) is 2.55. The molecular formula is C11H11LiNO2-. The fourth-order valence-electron chi connectivity index (χ4n) is 0.922. The van der Waals surface area contributed by atoms with Crippen LogP contribution in [0.4, 0.5) is 5.69 Å². The summed E-state index contributed by atoms with van der Waals surface area (Å²) in [5, 5.41) is 14.8. The molecule has 0 spiro atoms. The first-order chi connectivity index (χ1) is 6.76. The van der Waals surface area contributed by atoms with Crippen molar-refractivity contribution in [1.82, 2.24) is 0 Å². The summed E-state index contributed by atoms with van der Waals surface area (Å²) in [5.41, 5.74) is 0.605. The molecule has 1 aromatic rings. The zero-order valence-corrected chi connectivity index (χ0v) is 8.93. The van der Waals surface area contributed by atoms with Crippen molar-refractivity contribution in [3.8, 4) is 5.75 Å². The van der Waals surface area contributed by atoms with Crippen molar-refractivity contribution >= 4 is 5.69 Å². The van der Waals surface area contributed by atoms with Crippen molar-refractivity contribution in [3.63, 3.8) is 0 Å². The quantitative estimate of drug-likeness (QED) is 0.355. The van der Waals surface area contributed by atoms with E-state index < -0.39 is 0 Å². The van der Waals surface area contributed by atoms with Crippen LogP contribution in [-0.2, 0) is 0 Å². The van der Waals surface area contributed by atoms with E-state index in [1.165, 1.54) is 12.2 Å². The molecule has 0 aliphatic heterocycles. The number of methoxy groups -OCH3 is 1. The Morgan fingerprint density at radius 2 is 2.00 bits per heavy atom. The predicted molar refractivity (Wildman–Crippen MR) is 54.3 cm³/mol. The van der Waals surface area contributed by atoms with Crippen LogP contribution in [-0.4, -0.2) is 7.11 Å². The number of benzene rings is 1. The maximum absolute atomic E-state index is 11.0. The molecule has 0 unspecified atom stereocenters. The zero-order chi connectivity index (χ0) is 10.4. The van der Waals surface area contributed by atoms with Gasteiger partial charge in [-0.05, 0) is 12.1 Å². The van der Waals surface area contributed by atoms with Gasteiger partial charge in [-0.2, -0.15) is 0 Å². The SMILES string of the molecule is C=CC=C([O-])[N-]c1ccc(OC)cc1.[Li+]. The molecule has 0 N–H and O–H groups in total. The molecule has 0 radical (unpaired) electrons. The van der Waals surface area contributed by atoms with Gasteiger partial charge in [0.2, 0.25) is 0 Å². The van der Waals surface area contributed by atoms with Crippen LogP contribution in [0.15, 0.2) is 48.9 Å². The van der Waals surface area contributed by atoms with Gasteiger partial charge in [0.25, 0.3) is 0 Å². The van der Waals surface area contributed by atoms with E-state index >= 15 is 0 Å². The van der Waals surface area contributed by atoms with Crippen LogP contribution >= 0.6 is 0 Å². The van der Waals surface area contributed by atoms with Crippen molar-refractivity contribution in [3.05, 3.63) is 54.2 Å². The van der Waals surface area contributed by atoms with Gasteiger partial charge in [-0.1, -0.05) is 30.9 Å². The van der Waals surface area contributed by atoms with Crippen molar-refractivity contribution in [2.24, 2.45) is 0 Å². The summed E-state index contributed by atoms with van der Waals surface area (Å²) in [4.78, 5) is 0. The number of hydrogen-bond acceptors (Lipinski definition) is 2. The first-order valence-corrected chi connectivity index (χ1v) is 4.12. The summed E-state index contributed by atoms with van der Waals surface area (Å²) in [6.45, 7) is 3.41. The van der Waals surface area contributed by atoms with E-state index in [-0.39, 0.29) is 24.7 Å². The van der Waals surface area contributed by atoms with E-state index in [1.807, 2.05) is 0 Å². The third-order valence-electron chi connectivity index (χ3n) is 1.57. The minimum atomic E-state index is -0.315. The van der Waals surface area contributed by atoms with Crippen molar-refractivity contribution in [2.75, 3.05) is 7.11 Å². The Bertz CT molecular complexity index is 333. The summed E-state index contributed by atoms with van der Waals surface area (Å²) in [5.74, 6) is 0.425. The molecule has 0 saturated carbocycles. The first-order valence-electron chi connectivity index (χ1n) is 4.12. The summed E-state index contributed by atoms with van der Waals surface area (Å²) < 4.78 is 4.97. The Hall–Kier alpha value is -1.30. The molecule has 74 valence electrons. The molecule has 0 heterocycles. The van der Waals surface area contributed by atoms with Gasteiger partial charge in [0.15, 0.2) is 0 Å². The fourth-order valence-corrected chi connectivity index (χ4v) is 0.922. The molecule has 3 nitrogen and oxygen atoms in total. The fraction of sp³-hybridized carbons (Fsp3) is 0.0909. The first kappa shape index (κ1) is 13.7. The summed E-state index contributed by atoms with van der Waals surface area (Å²) in [6.07, 6.45) is 2.72. The number of rotatable bonds is 4. The van der Waals surface area contributed by atoms with Crippen LogP contribution in [0.3, 0.4) is 0 Å². The summed E-state index contributed by atoms with van der Waals surface area (Å²) in [7, 11) is 1.59. The minimum Gasteiger partial charge on any atom is -0.889 e. The molecule has 1 rings (SSSR count). The molecule has 0 aliphatic carbocycles. The monoisotopic (exact) mass is 196 g/mol. The molecule has 15 heavy (non-hydrogen) atoms. The molecule has 0 aliphatic rings. The standard InChI is InChI=1S/C11H12NO2.Li/c1-3-4-11(13)12-9-5-7-10(14-2)8-6-9;/h3-8,13H,1H2,2H3;/q-1;+1/p-1. The van der Waals surface area contributed by atoms with Gasteiger partial charge < -0.3 is 15.2 Å². The van der Waals surface area contributed by atoms with E-state index in [2.05, 4.69) is 11.9 Å². The second-order valence-electron chi connectivity index (χ2n) is 2.55. The van der Waals surface area contributed by atoms with Crippen molar-refractivity contribution < 1.29 is 28.7 Å². The maximum Gasteiger partial charge on any atom is 1.00 e. The predicted octanol–water partition coefficient (Wildman–Crippen LogP) is -0.908. The molecule has 1 aromatic carbocycles. The van der Waals surface area contributed by atoms with Crippen LogP contribution in [0.1, 0.15) is 0 Å². The Morgan fingerprint density at radius 3 is 2.47 bits per heavy atom. The number of hydrogen-bond donors (Lipinski definition) is 0. The van der Waals surface area contributed by atoms with E-state index in [0.717, 1.165) is 5.75 Å². The summed E-state index contributed by atoms with van der Waals surface area (Å²) >= 11 is 0. The molecule has 0 fully saturated rings. The van der Waals surface area contributed by atoms with Crippen molar-refractivity contribution in [1.29, 1.82) is 0 Å². The number of allylic oxidation sites excluding steroid dienone is 2. The maximum atomic E-state index is 11.0. The Labute approximate surface area is 102 Å². The second kappa shape index (κ2) is 7.05. The van der Waals surface area contributed by atoms with Gasteiger partial charge in [-0.15, -0.1) is 5.69 Å². The van der Waals surface area contributed by atoms with E-state index in [1.54, 1.807) is 31.4 Å². The van der Waals surface area contributed by atoms with Gasteiger partial charge in [-0.25, -0.2) is 5.88 Å². The van der Waals surface area contributed by atoms with E-state index in [4.69, 9.17) is 4.74 Å². The zero-order valence-electron chi connectivity index (χ0n) is 8.93. The van der Waals surface area contributed by atoms with Gasteiger partial charge in [0.1, 0.15) is 5.75 Å². The summed E-state index contributed by atoms with van der Waals surface area (Å²) in [6, 6.07) is 6.93. The average Bonchev–Trinajstić information content (AvgIpc) is 2.19. The average molecular weight is 196 g/mol. The molecule has 0 aromatic heterocycles. The van der Waals surface area contributed by atoms with Crippen LogP contribution in [0.25, 0.3) is 5.32 Å². The molecule has 0 bridgehead atoms. The minimum absolute atomic E-state index is 0. The molecule has 4 heteroatoms. The van der Waals surface area contributed by atoms with E-state index in [0.29, 0.717) is 5.69 Å². The number of ether oxygens (including phenoxy) is 1. The van der Waals surface area contributed by atoms with Crippen LogP contribution in [0, 0.1) is 0 Å². The van der Waals surface area contributed by atoms with Gasteiger partial charge in [0.05, 0.1) is 7.11 Å². The third-order valence-corrected chi connectivity index (χ3v) is 1.57. The normalized spacial score (nSPS) is 10.1. The Morgan fingerprint density at radius 1 is 1.40 bits per heavy atom. The van der Waals surface area contributed by atoms with Crippen molar-refractivity contribution in [2.45, 2.75) is 0 Å². The molecular weight excluding hydrogens is 185 g/mol. The molecule has 0 saturated heterocycles. The Kier molecular flexibility index (Phi) is 6.44. The van der Waals surface area contributed by atoms with E-state index in [9.17, 15) is 5.11 Å². The van der Waals surface area contributed by atoms with Gasteiger partial charge in [0, 0.05) is 0 Å². The molecule has 0 atom stereocenters. The van der Waals surface area contributed by atoms with Gasteiger partial charge in [-0.3, -0.25) is 0 Å². The van der Waals surface area contributed by atoms with Gasteiger partial charge >= 0.3 is 18.9 Å². The third kappa shape index (κ3) is 4.64. The largest absolute Gasteiger partial charge is 1.00 e.